The van der Waals surface area contributed by atoms with E-state index in [9.17, 15) is 14.4 Å². The normalized spacial score (nSPS) is 11.4. The third kappa shape index (κ3) is 7.07. The minimum Gasteiger partial charge on any atom is -0.465 e. The fraction of sp³-hybridized carbons (Fsp3) is 0.733. The molecule has 7 nitrogen and oxygen atoms in total. The first-order valence-electron chi connectivity index (χ1n) is 7.41. The molecule has 7 heteroatoms. The molecule has 0 fully saturated rings. The van der Waals surface area contributed by atoms with Gasteiger partial charge in [-0.2, -0.15) is 5.26 Å². The minimum absolute atomic E-state index is 0.162. The Morgan fingerprint density at radius 1 is 0.864 bits per heavy atom. The molecule has 0 aromatic rings. The average molecular weight is 313 g/mol. The smallest absolute Gasteiger partial charge is 0.323 e. The first kappa shape index (κ1) is 19.9. The molecule has 0 bridgehead atoms. The Morgan fingerprint density at radius 2 is 1.32 bits per heavy atom. The van der Waals surface area contributed by atoms with Gasteiger partial charge in [-0.3, -0.25) is 14.4 Å². The molecular formula is C15H23NO6. The molecule has 0 aliphatic rings. The molecule has 1 atom stereocenters. The van der Waals surface area contributed by atoms with Crippen molar-refractivity contribution in [2.45, 2.75) is 40.0 Å². The van der Waals surface area contributed by atoms with Crippen molar-refractivity contribution in [1.82, 2.24) is 0 Å². The minimum atomic E-state index is -1.03. The number of esters is 3. The lowest BCUT2D eigenvalue weighted by Gasteiger charge is -2.14. The molecule has 0 saturated carbocycles. The van der Waals surface area contributed by atoms with E-state index in [4.69, 9.17) is 19.5 Å². The van der Waals surface area contributed by atoms with E-state index in [0.717, 1.165) is 0 Å². The highest BCUT2D eigenvalue weighted by Gasteiger charge is 2.30. The molecule has 0 saturated heterocycles. The van der Waals surface area contributed by atoms with Crippen molar-refractivity contribution < 1.29 is 28.6 Å². The summed E-state index contributed by atoms with van der Waals surface area (Å²) in [5, 5.41) is 8.94. The third-order valence-electron chi connectivity index (χ3n) is 2.85. The maximum Gasteiger partial charge on any atom is 0.323 e. The first-order chi connectivity index (χ1) is 10.5. The lowest BCUT2D eigenvalue weighted by molar-refractivity contribution is -0.161. The predicted octanol–water partition coefficient (Wildman–Crippen LogP) is 1.60. The third-order valence-corrected chi connectivity index (χ3v) is 2.85. The number of rotatable bonds is 10. The maximum atomic E-state index is 11.8. The van der Waals surface area contributed by atoms with E-state index in [1.165, 1.54) is 0 Å². The molecule has 0 aliphatic carbocycles. The van der Waals surface area contributed by atoms with Crippen LogP contribution in [-0.2, 0) is 28.6 Å². The van der Waals surface area contributed by atoms with Crippen molar-refractivity contribution in [1.29, 1.82) is 5.26 Å². The van der Waals surface area contributed by atoms with Crippen LogP contribution in [0.2, 0.25) is 0 Å². The number of carbonyl (C=O) groups is 3. The summed E-state index contributed by atoms with van der Waals surface area (Å²) in [6, 6.07) is 1.86. The maximum absolute atomic E-state index is 11.8. The van der Waals surface area contributed by atoms with Gasteiger partial charge < -0.3 is 14.2 Å². The fourth-order valence-electron chi connectivity index (χ4n) is 1.82. The van der Waals surface area contributed by atoms with Gasteiger partial charge in [0.15, 0.2) is 5.92 Å². The van der Waals surface area contributed by atoms with E-state index >= 15 is 0 Å². The summed E-state index contributed by atoms with van der Waals surface area (Å²) >= 11 is 0. The summed E-state index contributed by atoms with van der Waals surface area (Å²) in [5.74, 6) is -3.81. The van der Waals surface area contributed by atoms with Crippen molar-refractivity contribution >= 4 is 17.9 Å². The van der Waals surface area contributed by atoms with E-state index in [0.29, 0.717) is 6.42 Å². The van der Waals surface area contributed by atoms with Crippen LogP contribution in [-0.4, -0.2) is 37.7 Å². The molecule has 0 spiro atoms. The zero-order chi connectivity index (χ0) is 17.0. The molecule has 0 rings (SSSR count). The highest BCUT2D eigenvalue weighted by Crippen LogP contribution is 2.17. The number of hydrogen-bond acceptors (Lipinski definition) is 7. The average Bonchev–Trinajstić information content (AvgIpc) is 2.47. The van der Waals surface area contributed by atoms with Gasteiger partial charge in [-0.05, 0) is 33.6 Å². The van der Waals surface area contributed by atoms with Crippen LogP contribution in [0.25, 0.3) is 0 Å². The van der Waals surface area contributed by atoms with Crippen molar-refractivity contribution in [3.8, 4) is 6.07 Å². The molecule has 0 amide bonds. The Kier molecular flexibility index (Phi) is 10.4. The lowest BCUT2D eigenvalue weighted by atomic mass is 9.97. The molecule has 0 aromatic carbocycles. The summed E-state index contributed by atoms with van der Waals surface area (Å²) in [6.07, 6.45) is 0.708. The van der Waals surface area contributed by atoms with Crippen LogP contribution in [0.15, 0.2) is 0 Å². The van der Waals surface area contributed by atoms with Gasteiger partial charge in [-0.1, -0.05) is 6.42 Å². The molecule has 0 N–H and O–H groups in total. The van der Waals surface area contributed by atoms with Gasteiger partial charge in [0.1, 0.15) is 5.92 Å². The van der Waals surface area contributed by atoms with E-state index in [1.807, 2.05) is 6.07 Å². The molecule has 0 aliphatic heterocycles. The van der Waals surface area contributed by atoms with Gasteiger partial charge in [0.2, 0.25) is 0 Å². The van der Waals surface area contributed by atoms with Crippen LogP contribution < -0.4 is 0 Å². The van der Waals surface area contributed by atoms with Crippen LogP contribution in [0.1, 0.15) is 40.0 Å². The van der Waals surface area contributed by atoms with Crippen molar-refractivity contribution in [3.05, 3.63) is 0 Å². The fourth-order valence-corrected chi connectivity index (χ4v) is 1.82. The zero-order valence-electron chi connectivity index (χ0n) is 13.3. The van der Waals surface area contributed by atoms with E-state index < -0.39 is 29.7 Å². The number of carbonyl (C=O) groups excluding carboxylic acids is 3. The molecule has 0 aromatic heterocycles. The second-order valence-corrected chi connectivity index (χ2v) is 4.42. The molecule has 22 heavy (non-hydrogen) atoms. The number of nitrogens with zero attached hydrogens (tertiary/aromatic N) is 1. The molecule has 124 valence electrons. The summed E-state index contributed by atoms with van der Waals surface area (Å²) < 4.78 is 14.5. The van der Waals surface area contributed by atoms with Crippen LogP contribution >= 0.6 is 0 Å². The standard InChI is InChI=1S/C15H23NO6/c1-4-20-13(17)11(10-16)8-7-9-12(14(18)21-5-2)15(19)22-6-3/h11-12H,4-9H2,1-3H3. The van der Waals surface area contributed by atoms with Crippen LogP contribution in [0.3, 0.4) is 0 Å². The van der Waals surface area contributed by atoms with Crippen molar-refractivity contribution in [3.63, 3.8) is 0 Å². The van der Waals surface area contributed by atoms with Gasteiger partial charge in [0.05, 0.1) is 25.9 Å². The van der Waals surface area contributed by atoms with Crippen molar-refractivity contribution in [2.75, 3.05) is 19.8 Å². The SMILES string of the molecule is CCOC(=O)C(C#N)CCCC(C(=O)OCC)C(=O)OCC. The number of ether oxygens (including phenoxy) is 3. The largest absolute Gasteiger partial charge is 0.465 e. The predicted molar refractivity (Wildman–Crippen MR) is 76.3 cm³/mol. The highest BCUT2D eigenvalue weighted by molar-refractivity contribution is 5.94. The van der Waals surface area contributed by atoms with E-state index in [-0.39, 0.29) is 32.7 Å². The number of hydrogen-bond donors (Lipinski definition) is 0. The first-order valence-corrected chi connectivity index (χ1v) is 7.41. The summed E-state index contributed by atoms with van der Waals surface area (Å²) in [5.41, 5.74) is 0. The molecular weight excluding hydrogens is 290 g/mol. The Bertz CT molecular complexity index is 397. The Labute approximate surface area is 130 Å². The second kappa shape index (κ2) is 11.5. The summed E-state index contributed by atoms with van der Waals surface area (Å²) in [6.45, 7) is 5.48. The van der Waals surface area contributed by atoms with E-state index in [1.54, 1.807) is 20.8 Å². The summed E-state index contributed by atoms with van der Waals surface area (Å²) in [7, 11) is 0. The van der Waals surface area contributed by atoms with Crippen LogP contribution in [0.5, 0.6) is 0 Å². The zero-order valence-corrected chi connectivity index (χ0v) is 13.3. The lowest BCUT2D eigenvalue weighted by Crippen LogP contribution is -2.28. The highest BCUT2D eigenvalue weighted by atomic mass is 16.6. The van der Waals surface area contributed by atoms with Crippen LogP contribution in [0.4, 0.5) is 0 Å². The van der Waals surface area contributed by atoms with Gasteiger partial charge >= 0.3 is 17.9 Å². The quantitative estimate of drug-likeness (QED) is 0.343. The van der Waals surface area contributed by atoms with Crippen LogP contribution in [0, 0.1) is 23.2 Å². The van der Waals surface area contributed by atoms with Gasteiger partial charge in [-0.25, -0.2) is 0 Å². The van der Waals surface area contributed by atoms with Gasteiger partial charge in [0.25, 0.3) is 0 Å². The van der Waals surface area contributed by atoms with E-state index in [2.05, 4.69) is 0 Å². The molecule has 0 heterocycles. The Hall–Kier alpha value is -2.10. The van der Waals surface area contributed by atoms with Crippen molar-refractivity contribution in [2.24, 2.45) is 11.8 Å². The van der Waals surface area contributed by atoms with Gasteiger partial charge in [-0.15, -0.1) is 0 Å². The monoisotopic (exact) mass is 313 g/mol. The second-order valence-electron chi connectivity index (χ2n) is 4.42. The Morgan fingerprint density at radius 3 is 1.73 bits per heavy atom. The molecule has 1 unspecified atom stereocenters. The number of nitriles is 1. The topological polar surface area (TPSA) is 103 Å². The Balaban J connectivity index is 4.56. The summed E-state index contributed by atoms with van der Waals surface area (Å²) in [4.78, 5) is 35.0. The molecule has 0 radical (unpaired) electrons. The van der Waals surface area contributed by atoms with Gasteiger partial charge in [0, 0.05) is 0 Å².